The molecule has 0 fully saturated rings. The summed E-state index contributed by atoms with van der Waals surface area (Å²) in [5.74, 6) is 1.62. The van der Waals surface area contributed by atoms with Gasteiger partial charge in [0.1, 0.15) is 0 Å². The van der Waals surface area contributed by atoms with Gasteiger partial charge in [-0.05, 0) is 18.3 Å². The van der Waals surface area contributed by atoms with Crippen molar-refractivity contribution in [2.45, 2.75) is 6.42 Å². The van der Waals surface area contributed by atoms with E-state index in [9.17, 15) is 0 Å². The molecule has 0 unspecified atom stereocenters. The summed E-state index contributed by atoms with van der Waals surface area (Å²) in [6.45, 7) is 0. The Balaban J connectivity index is -0.0000000640. The van der Waals surface area contributed by atoms with Gasteiger partial charge < -0.3 is 49.6 Å². The van der Waals surface area contributed by atoms with Crippen molar-refractivity contribution in [1.82, 2.24) is 0 Å². The van der Waals surface area contributed by atoms with Crippen LogP contribution in [0.1, 0.15) is 6.42 Å². The van der Waals surface area contributed by atoms with Gasteiger partial charge in [-0.1, -0.05) is 24.3 Å². The van der Waals surface area contributed by atoms with Crippen molar-refractivity contribution in [3.63, 3.8) is 0 Å². The molecule has 0 radical (unpaired) electrons. The van der Waals surface area contributed by atoms with Crippen LogP contribution in [0.2, 0.25) is 0 Å². The molecule has 0 aromatic heterocycles. The molecule has 2 aliphatic carbocycles. The Kier molecular flexibility index (Phi) is 20.0. The number of allylic oxidation sites excluding steroid dienone is 4. The quantitative estimate of drug-likeness (QED) is 0.305. The summed E-state index contributed by atoms with van der Waals surface area (Å²) in [5.41, 5.74) is 0. The van der Waals surface area contributed by atoms with Gasteiger partial charge in [0.05, 0.1) is 0 Å². The monoisotopic (exact) mass is 334 g/mol. The molecule has 0 nitrogen and oxygen atoms in total. The average molecular weight is 335 g/mol. The summed E-state index contributed by atoms with van der Waals surface area (Å²) in [7, 11) is 0. The van der Waals surface area contributed by atoms with Crippen molar-refractivity contribution in [1.29, 1.82) is 0 Å². The van der Waals surface area contributed by atoms with Crippen molar-refractivity contribution in [2.75, 3.05) is 0 Å². The van der Waals surface area contributed by atoms with E-state index in [1.54, 1.807) is 0 Å². The standard InChI is InChI=1S/C7H8.4ClH.Ru/c1-2-7-4-3-6(1)5-7;;;;;/h1-4,6-7H,5H2;4*1H;/q;;;;;+4/p-4. The Bertz CT molecular complexity index is 118. The SMILES string of the molecule is C1=CC2C=CC1C2.[Cl-].[Cl-].[Cl-].[Cl-].[Ru+4]. The van der Waals surface area contributed by atoms with E-state index in [-0.39, 0.29) is 69.1 Å². The Hall–Kier alpha value is 1.26. The first-order valence-electron chi connectivity index (χ1n) is 2.82. The summed E-state index contributed by atoms with van der Waals surface area (Å²) in [6.07, 6.45) is 10.5. The van der Waals surface area contributed by atoms with Crippen LogP contribution in [0.4, 0.5) is 0 Å². The van der Waals surface area contributed by atoms with Crippen LogP contribution in [0.3, 0.4) is 0 Å². The Morgan fingerprint density at radius 2 is 0.917 bits per heavy atom. The summed E-state index contributed by atoms with van der Waals surface area (Å²) in [4.78, 5) is 0. The van der Waals surface area contributed by atoms with Crippen LogP contribution in [-0.2, 0) is 19.5 Å². The first-order valence-corrected chi connectivity index (χ1v) is 2.82. The molecule has 0 N–H and O–H groups in total. The molecule has 0 aromatic rings. The summed E-state index contributed by atoms with van der Waals surface area (Å²) in [6, 6.07) is 0. The maximum absolute atomic E-state index is 2.30. The van der Waals surface area contributed by atoms with Crippen LogP contribution in [0.25, 0.3) is 0 Å². The predicted octanol–water partition coefficient (Wildman–Crippen LogP) is -10.2. The van der Waals surface area contributed by atoms with Gasteiger partial charge in [0.25, 0.3) is 0 Å². The van der Waals surface area contributed by atoms with Crippen LogP contribution >= 0.6 is 0 Å². The van der Waals surface area contributed by atoms with Crippen molar-refractivity contribution in [2.24, 2.45) is 11.8 Å². The van der Waals surface area contributed by atoms with Crippen molar-refractivity contribution < 1.29 is 69.1 Å². The van der Waals surface area contributed by atoms with Crippen LogP contribution in [0, 0.1) is 11.8 Å². The van der Waals surface area contributed by atoms with Crippen LogP contribution in [0.15, 0.2) is 24.3 Å². The maximum atomic E-state index is 2.30. The van der Waals surface area contributed by atoms with E-state index in [2.05, 4.69) is 24.3 Å². The Morgan fingerprint density at radius 3 is 1.00 bits per heavy atom. The average Bonchev–Trinajstić information content (AvgIpc) is 2.22. The molecule has 2 bridgehead atoms. The second-order valence-electron chi connectivity index (χ2n) is 2.33. The fourth-order valence-electron chi connectivity index (χ4n) is 1.33. The third-order valence-corrected chi connectivity index (χ3v) is 1.76. The zero-order valence-electron chi connectivity index (χ0n) is 6.04. The number of halogens is 4. The van der Waals surface area contributed by atoms with E-state index in [1.165, 1.54) is 6.42 Å². The molecule has 0 aromatic carbocycles. The minimum absolute atomic E-state index is 0. The second kappa shape index (κ2) is 10.3. The molecule has 0 heterocycles. The van der Waals surface area contributed by atoms with Gasteiger partial charge >= 0.3 is 19.5 Å². The third kappa shape index (κ3) is 5.09. The molecule has 12 heavy (non-hydrogen) atoms. The minimum Gasteiger partial charge on any atom is -1.00 e. The first-order chi connectivity index (χ1) is 3.45. The molecule has 0 spiro atoms. The molecular formula is C7H8Cl4Ru. The zero-order chi connectivity index (χ0) is 4.69. The molecule has 5 heteroatoms. The Labute approximate surface area is 111 Å². The first kappa shape index (κ1) is 23.2. The molecular weight excluding hydrogens is 327 g/mol. The molecule has 0 aliphatic heterocycles. The Morgan fingerprint density at radius 1 is 0.667 bits per heavy atom. The largest absolute Gasteiger partial charge is 4.00 e. The van der Waals surface area contributed by atoms with E-state index in [1.807, 2.05) is 0 Å². The minimum atomic E-state index is 0. The smallest absolute Gasteiger partial charge is 1.00 e. The van der Waals surface area contributed by atoms with E-state index < -0.39 is 0 Å². The van der Waals surface area contributed by atoms with E-state index in [0.29, 0.717) is 0 Å². The van der Waals surface area contributed by atoms with Crippen molar-refractivity contribution in [3.05, 3.63) is 24.3 Å². The molecule has 0 atom stereocenters. The number of fused-ring (bicyclic) bond motifs is 2. The zero-order valence-corrected chi connectivity index (χ0v) is 10.8. The van der Waals surface area contributed by atoms with Gasteiger partial charge in [-0.15, -0.1) is 0 Å². The second-order valence-corrected chi connectivity index (χ2v) is 2.33. The van der Waals surface area contributed by atoms with Gasteiger partial charge in [0.15, 0.2) is 0 Å². The topological polar surface area (TPSA) is 0 Å². The number of hydrogen-bond donors (Lipinski definition) is 0. The number of hydrogen-bond acceptors (Lipinski definition) is 0. The van der Waals surface area contributed by atoms with E-state index in [0.717, 1.165) is 11.8 Å². The molecule has 72 valence electrons. The summed E-state index contributed by atoms with van der Waals surface area (Å²) < 4.78 is 0. The third-order valence-electron chi connectivity index (χ3n) is 1.76. The molecule has 2 rings (SSSR count). The maximum Gasteiger partial charge on any atom is 4.00 e. The normalized spacial score (nSPS) is 25.3. The van der Waals surface area contributed by atoms with Crippen molar-refractivity contribution >= 4 is 0 Å². The predicted molar refractivity (Wildman–Crippen MR) is 29.9 cm³/mol. The van der Waals surface area contributed by atoms with E-state index >= 15 is 0 Å². The fourth-order valence-corrected chi connectivity index (χ4v) is 1.33. The van der Waals surface area contributed by atoms with Gasteiger partial charge in [-0.3, -0.25) is 0 Å². The van der Waals surface area contributed by atoms with Crippen LogP contribution in [0.5, 0.6) is 0 Å². The fraction of sp³-hybridized carbons (Fsp3) is 0.429. The van der Waals surface area contributed by atoms with Crippen LogP contribution in [-0.4, -0.2) is 0 Å². The molecule has 0 saturated carbocycles. The van der Waals surface area contributed by atoms with Crippen LogP contribution < -0.4 is 49.6 Å². The molecule has 0 saturated heterocycles. The summed E-state index contributed by atoms with van der Waals surface area (Å²) in [5, 5.41) is 0. The van der Waals surface area contributed by atoms with Crippen molar-refractivity contribution in [3.8, 4) is 0 Å². The van der Waals surface area contributed by atoms with E-state index in [4.69, 9.17) is 0 Å². The van der Waals surface area contributed by atoms with Gasteiger partial charge in [-0.2, -0.15) is 0 Å². The molecule has 0 amide bonds. The van der Waals surface area contributed by atoms with Gasteiger partial charge in [-0.25, -0.2) is 0 Å². The number of rotatable bonds is 0. The summed E-state index contributed by atoms with van der Waals surface area (Å²) >= 11 is 0. The van der Waals surface area contributed by atoms with Gasteiger partial charge in [0, 0.05) is 0 Å². The van der Waals surface area contributed by atoms with Gasteiger partial charge in [0.2, 0.25) is 0 Å². The molecule has 2 aliphatic rings.